The maximum Gasteiger partial charge on any atom is 0.119 e. The Labute approximate surface area is 120 Å². The van der Waals surface area contributed by atoms with Crippen LogP contribution in [0.1, 0.15) is 31.7 Å². The van der Waals surface area contributed by atoms with E-state index >= 15 is 0 Å². The van der Waals surface area contributed by atoms with Crippen LogP contribution >= 0.6 is 0 Å². The lowest BCUT2D eigenvalue weighted by molar-refractivity contribution is 0.317. The summed E-state index contributed by atoms with van der Waals surface area (Å²) in [5, 5.41) is 7.86. The number of benzene rings is 1. The number of nitrogens with zero attached hydrogens (tertiary/aromatic N) is 2. The molecule has 0 saturated heterocycles. The number of aryl methyl sites for hydroxylation is 2. The number of hydrogen-bond acceptors (Lipinski definition) is 3. The fraction of sp³-hybridized carbons (Fsp3) is 0.438. The minimum atomic E-state index is 0.766. The van der Waals surface area contributed by atoms with E-state index in [2.05, 4.69) is 30.3 Å². The third-order valence-corrected chi connectivity index (χ3v) is 3.09. The highest BCUT2D eigenvalue weighted by Crippen LogP contribution is 2.17. The molecule has 2 aromatic rings. The summed E-state index contributed by atoms with van der Waals surface area (Å²) < 4.78 is 7.60. The average Bonchev–Trinajstić information content (AvgIpc) is 2.84. The predicted octanol–water partition coefficient (Wildman–Crippen LogP) is 3.61. The molecule has 0 spiro atoms. The molecule has 4 heteroatoms. The van der Waals surface area contributed by atoms with Crippen molar-refractivity contribution < 1.29 is 4.74 Å². The summed E-state index contributed by atoms with van der Waals surface area (Å²) in [7, 11) is 0. The zero-order valence-corrected chi connectivity index (χ0v) is 12.5. The van der Waals surface area contributed by atoms with Crippen LogP contribution in [0.25, 0.3) is 0 Å². The summed E-state index contributed by atoms with van der Waals surface area (Å²) in [5.74, 6) is 0.923. The molecule has 1 aromatic heterocycles. The maximum absolute atomic E-state index is 5.57. The molecule has 0 aliphatic carbocycles. The van der Waals surface area contributed by atoms with Gasteiger partial charge >= 0.3 is 0 Å². The average molecular weight is 273 g/mol. The molecule has 1 heterocycles. The smallest absolute Gasteiger partial charge is 0.119 e. The largest absolute Gasteiger partial charge is 0.494 e. The summed E-state index contributed by atoms with van der Waals surface area (Å²) in [6.07, 6.45) is 1.03. The summed E-state index contributed by atoms with van der Waals surface area (Å²) in [5.41, 5.74) is 3.36. The second kappa shape index (κ2) is 6.98. The Hall–Kier alpha value is -1.97. The number of rotatable bonds is 7. The molecule has 108 valence electrons. The van der Waals surface area contributed by atoms with E-state index in [1.807, 2.05) is 35.9 Å². The van der Waals surface area contributed by atoms with Crippen LogP contribution in [-0.4, -0.2) is 16.4 Å². The van der Waals surface area contributed by atoms with Gasteiger partial charge < -0.3 is 10.1 Å². The number of aromatic nitrogens is 2. The van der Waals surface area contributed by atoms with Crippen LogP contribution in [0.15, 0.2) is 30.3 Å². The van der Waals surface area contributed by atoms with E-state index in [1.54, 1.807) is 0 Å². The molecule has 0 atom stereocenters. The van der Waals surface area contributed by atoms with Crippen LogP contribution in [0.2, 0.25) is 0 Å². The number of hydrogen-bond donors (Lipinski definition) is 1. The van der Waals surface area contributed by atoms with E-state index in [0.717, 1.165) is 43.2 Å². The highest BCUT2D eigenvalue weighted by atomic mass is 16.5. The molecule has 0 saturated carbocycles. The van der Waals surface area contributed by atoms with Crippen molar-refractivity contribution in [3.8, 4) is 5.75 Å². The van der Waals surface area contributed by atoms with Gasteiger partial charge in [-0.05, 0) is 50.6 Å². The van der Waals surface area contributed by atoms with Gasteiger partial charge in [0, 0.05) is 12.2 Å². The van der Waals surface area contributed by atoms with Gasteiger partial charge in [0.1, 0.15) is 5.75 Å². The Morgan fingerprint density at radius 3 is 2.60 bits per heavy atom. The van der Waals surface area contributed by atoms with Crippen LogP contribution in [0.3, 0.4) is 0 Å². The topological polar surface area (TPSA) is 39.1 Å². The van der Waals surface area contributed by atoms with Crippen LogP contribution in [0.4, 0.5) is 5.69 Å². The molecular weight excluding hydrogens is 250 g/mol. The van der Waals surface area contributed by atoms with Crippen molar-refractivity contribution in [3.63, 3.8) is 0 Å². The monoisotopic (exact) mass is 273 g/mol. The van der Waals surface area contributed by atoms with Crippen LogP contribution in [0.5, 0.6) is 5.75 Å². The Morgan fingerprint density at radius 2 is 1.95 bits per heavy atom. The van der Waals surface area contributed by atoms with Crippen molar-refractivity contribution in [2.75, 3.05) is 11.9 Å². The van der Waals surface area contributed by atoms with Crippen molar-refractivity contribution in [1.82, 2.24) is 9.78 Å². The molecule has 1 N–H and O–H groups in total. The molecular formula is C16H23N3O. The molecule has 20 heavy (non-hydrogen) atoms. The second-order valence-corrected chi connectivity index (χ2v) is 4.82. The molecule has 2 rings (SSSR count). The Balaban J connectivity index is 1.93. The summed E-state index contributed by atoms with van der Waals surface area (Å²) in [6, 6.07) is 10.2. The molecule has 4 nitrogen and oxygen atoms in total. The molecule has 0 radical (unpaired) electrons. The lowest BCUT2D eigenvalue weighted by atomic mass is 10.3. The quantitative estimate of drug-likeness (QED) is 0.837. The van der Waals surface area contributed by atoms with Gasteiger partial charge in [0.25, 0.3) is 0 Å². The normalized spacial score (nSPS) is 10.6. The summed E-state index contributed by atoms with van der Waals surface area (Å²) in [4.78, 5) is 0. The van der Waals surface area contributed by atoms with Gasteiger partial charge in [0.15, 0.2) is 0 Å². The highest BCUT2D eigenvalue weighted by molar-refractivity contribution is 5.46. The van der Waals surface area contributed by atoms with Crippen molar-refractivity contribution >= 4 is 5.69 Å². The molecule has 0 fully saturated rings. The van der Waals surface area contributed by atoms with Crippen molar-refractivity contribution in [2.24, 2.45) is 0 Å². The summed E-state index contributed by atoms with van der Waals surface area (Å²) in [6.45, 7) is 8.68. The summed E-state index contributed by atoms with van der Waals surface area (Å²) >= 11 is 0. The molecule has 0 aliphatic rings. The highest BCUT2D eigenvalue weighted by Gasteiger charge is 2.03. The van der Waals surface area contributed by atoms with Gasteiger partial charge in [-0.25, -0.2) is 0 Å². The first kappa shape index (κ1) is 14.4. The molecule has 1 aromatic carbocycles. The number of nitrogens with one attached hydrogen (secondary N) is 1. The standard InChI is InChI=1S/C16H23N3O/c1-4-10-20-16-8-6-14(7-9-16)17-12-15-11-13(3)18-19(15)5-2/h6-9,11,17H,4-5,10,12H2,1-3H3. The third kappa shape index (κ3) is 3.76. The lowest BCUT2D eigenvalue weighted by Gasteiger charge is -2.09. The van der Waals surface area contributed by atoms with E-state index in [-0.39, 0.29) is 0 Å². The number of anilines is 1. The van der Waals surface area contributed by atoms with E-state index in [9.17, 15) is 0 Å². The van der Waals surface area contributed by atoms with E-state index in [1.165, 1.54) is 5.69 Å². The third-order valence-electron chi connectivity index (χ3n) is 3.09. The molecule has 0 unspecified atom stereocenters. The Morgan fingerprint density at radius 1 is 1.20 bits per heavy atom. The maximum atomic E-state index is 5.57. The van der Waals surface area contributed by atoms with Gasteiger partial charge in [-0.3, -0.25) is 4.68 Å². The van der Waals surface area contributed by atoms with Crippen LogP contribution in [0, 0.1) is 6.92 Å². The fourth-order valence-corrected chi connectivity index (χ4v) is 2.10. The molecule has 0 bridgehead atoms. The van der Waals surface area contributed by atoms with Gasteiger partial charge in [-0.1, -0.05) is 6.92 Å². The van der Waals surface area contributed by atoms with Crippen molar-refractivity contribution in [3.05, 3.63) is 41.7 Å². The number of ether oxygens (including phenoxy) is 1. The van der Waals surface area contributed by atoms with Gasteiger partial charge in [-0.15, -0.1) is 0 Å². The zero-order valence-electron chi connectivity index (χ0n) is 12.5. The van der Waals surface area contributed by atoms with Crippen LogP contribution < -0.4 is 10.1 Å². The first-order valence-corrected chi connectivity index (χ1v) is 7.23. The van der Waals surface area contributed by atoms with Crippen molar-refractivity contribution in [2.45, 2.75) is 40.3 Å². The Bertz CT molecular complexity index is 531. The van der Waals surface area contributed by atoms with Crippen molar-refractivity contribution in [1.29, 1.82) is 0 Å². The van der Waals surface area contributed by atoms with Gasteiger partial charge in [0.05, 0.1) is 24.5 Å². The van der Waals surface area contributed by atoms with E-state index in [4.69, 9.17) is 4.74 Å². The van der Waals surface area contributed by atoms with E-state index < -0.39 is 0 Å². The molecule has 0 amide bonds. The minimum Gasteiger partial charge on any atom is -0.494 e. The van der Waals surface area contributed by atoms with Gasteiger partial charge in [-0.2, -0.15) is 5.10 Å². The molecule has 0 aliphatic heterocycles. The van der Waals surface area contributed by atoms with E-state index in [0.29, 0.717) is 0 Å². The lowest BCUT2D eigenvalue weighted by Crippen LogP contribution is -2.07. The Kier molecular flexibility index (Phi) is 5.04. The first-order chi connectivity index (χ1) is 9.72. The van der Waals surface area contributed by atoms with Crippen LogP contribution in [-0.2, 0) is 13.1 Å². The fourth-order valence-electron chi connectivity index (χ4n) is 2.10. The van der Waals surface area contributed by atoms with Gasteiger partial charge in [0.2, 0.25) is 0 Å². The minimum absolute atomic E-state index is 0.766. The zero-order chi connectivity index (χ0) is 14.4. The SMILES string of the molecule is CCCOc1ccc(NCc2cc(C)nn2CC)cc1. The first-order valence-electron chi connectivity index (χ1n) is 7.23. The second-order valence-electron chi connectivity index (χ2n) is 4.82. The predicted molar refractivity (Wildman–Crippen MR) is 82.2 cm³/mol.